The molecular weight excluding hydrogens is 318 g/mol. The molecule has 0 unspecified atom stereocenters. The Balaban J connectivity index is 0.00000112. The fourth-order valence-electron chi connectivity index (χ4n) is 2.05. The molecule has 0 bridgehead atoms. The number of halogens is 2. The summed E-state index contributed by atoms with van der Waals surface area (Å²) < 4.78 is 3.50. The van der Waals surface area contributed by atoms with E-state index in [1.165, 1.54) is 12.8 Å². The van der Waals surface area contributed by atoms with Gasteiger partial charge in [0.1, 0.15) is 0 Å². The van der Waals surface area contributed by atoms with E-state index in [4.69, 9.17) is 0 Å². The van der Waals surface area contributed by atoms with Crippen molar-refractivity contribution in [1.82, 2.24) is 0 Å². The molecule has 0 radical (unpaired) electrons. The maximum Gasteiger partial charge on any atom is -1.00 e. The Morgan fingerprint density at radius 3 is 2.19 bits per heavy atom. The van der Waals surface area contributed by atoms with Gasteiger partial charge in [-0.15, -0.1) is 0 Å². The average Bonchev–Trinajstić information content (AvgIpc) is 2.71. The van der Waals surface area contributed by atoms with Crippen LogP contribution < -0.4 is 24.8 Å². The predicted molar refractivity (Wildman–Crippen MR) is 57.5 cm³/mol. The zero-order valence-electron chi connectivity index (χ0n) is 9.90. The summed E-state index contributed by atoms with van der Waals surface area (Å²) in [6.07, 6.45) is 9.31. The van der Waals surface area contributed by atoms with Gasteiger partial charge in [-0.05, 0) is 0 Å². The maximum absolute atomic E-state index is 2.34. The molecule has 0 N–H and O–H groups in total. The van der Waals surface area contributed by atoms with Crippen LogP contribution in [-0.4, -0.2) is 0 Å². The van der Waals surface area contributed by atoms with E-state index < -0.39 is 23.2 Å². The second kappa shape index (κ2) is 6.99. The Morgan fingerprint density at radius 1 is 1.06 bits per heavy atom. The molecule has 0 spiro atoms. The summed E-state index contributed by atoms with van der Waals surface area (Å²) in [4.78, 5) is 0. The topological polar surface area (TPSA) is 0 Å². The average molecular weight is 334 g/mol. The monoisotopic (exact) mass is 332 g/mol. The third-order valence-corrected chi connectivity index (χ3v) is 7.32. The molecule has 0 aliphatic heterocycles. The second-order valence-corrected chi connectivity index (χ2v) is 7.61. The molecule has 0 saturated heterocycles. The Morgan fingerprint density at radius 2 is 1.75 bits per heavy atom. The van der Waals surface area contributed by atoms with Crippen molar-refractivity contribution >= 4 is 0 Å². The van der Waals surface area contributed by atoms with Gasteiger partial charge in [0.05, 0.1) is 0 Å². The SMILES string of the molecule is CC1=C(C)[C]([Zr+2][C]2=CC=CC2)=C(C)C1.[Cl-].[Cl-]. The van der Waals surface area contributed by atoms with Gasteiger partial charge in [-0.2, -0.15) is 0 Å². The first-order chi connectivity index (χ1) is 6.68. The summed E-state index contributed by atoms with van der Waals surface area (Å²) in [5, 5.41) is 0. The number of allylic oxidation sites excluding steroid dienone is 8. The van der Waals surface area contributed by atoms with Crippen LogP contribution in [-0.2, 0) is 23.2 Å². The molecule has 2 aliphatic rings. The van der Waals surface area contributed by atoms with Gasteiger partial charge in [0.25, 0.3) is 0 Å². The van der Waals surface area contributed by atoms with Gasteiger partial charge >= 0.3 is 98.4 Å². The van der Waals surface area contributed by atoms with Gasteiger partial charge in [0.2, 0.25) is 0 Å². The smallest absolute Gasteiger partial charge is 1.00 e. The van der Waals surface area contributed by atoms with Crippen LogP contribution in [0.2, 0.25) is 0 Å². The van der Waals surface area contributed by atoms with Crippen LogP contribution in [0, 0.1) is 0 Å². The fourth-order valence-corrected chi connectivity index (χ4v) is 5.55. The quantitative estimate of drug-likeness (QED) is 0.545. The van der Waals surface area contributed by atoms with Crippen molar-refractivity contribution in [2.45, 2.75) is 33.6 Å². The van der Waals surface area contributed by atoms with Gasteiger partial charge < -0.3 is 24.8 Å². The zero-order valence-corrected chi connectivity index (χ0v) is 13.9. The molecule has 3 heteroatoms. The molecule has 0 aromatic heterocycles. The van der Waals surface area contributed by atoms with Crippen molar-refractivity contribution < 1.29 is 48.0 Å². The van der Waals surface area contributed by atoms with Gasteiger partial charge in [-0.3, -0.25) is 0 Å². The molecule has 2 rings (SSSR count). The number of hydrogen-bond donors (Lipinski definition) is 0. The van der Waals surface area contributed by atoms with Gasteiger partial charge in [0, 0.05) is 0 Å². The molecule has 0 amide bonds. The van der Waals surface area contributed by atoms with Gasteiger partial charge in [-0.25, -0.2) is 0 Å². The van der Waals surface area contributed by atoms with Crippen LogP contribution in [0.3, 0.4) is 0 Å². The molecule has 0 heterocycles. The number of hydrogen-bond acceptors (Lipinski definition) is 0. The Hall–Kier alpha value is 0.423. The van der Waals surface area contributed by atoms with Crippen molar-refractivity contribution in [3.63, 3.8) is 0 Å². The summed E-state index contributed by atoms with van der Waals surface area (Å²) >= 11 is -0.436. The van der Waals surface area contributed by atoms with Crippen LogP contribution in [0.1, 0.15) is 33.6 Å². The van der Waals surface area contributed by atoms with Crippen LogP contribution in [0.5, 0.6) is 0 Å². The van der Waals surface area contributed by atoms with Crippen LogP contribution in [0.25, 0.3) is 0 Å². The molecular formula is C13H16Cl2Zr. The minimum absolute atomic E-state index is 0. The second-order valence-electron chi connectivity index (χ2n) is 4.19. The molecule has 0 fully saturated rings. The first kappa shape index (κ1) is 16.4. The Labute approximate surface area is 122 Å². The largest absolute Gasteiger partial charge is 1.00 e. The normalized spacial score (nSPS) is 18.1. The van der Waals surface area contributed by atoms with Crippen LogP contribution >= 0.6 is 0 Å². The molecule has 86 valence electrons. The minimum atomic E-state index is -0.436. The first-order valence-electron chi connectivity index (χ1n) is 5.17. The summed E-state index contributed by atoms with van der Waals surface area (Å²) in [5.41, 5.74) is 4.87. The van der Waals surface area contributed by atoms with Crippen molar-refractivity contribution in [3.8, 4) is 0 Å². The van der Waals surface area contributed by atoms with E-state index >= 15 is 0 Å². The third-order valence-electron chi connectivity index (χ3n) is 3.03. The maximum atomic E-state index is 2.34. The molecule has 2 aliphatic carbocycles. The fraction of sp³-hybridized carbons (Fsp3) is 0.385. The molecule has 16 heavy (non-hydrogen) atoms. The summed E-state index contributed by atoms with van der Waals surface area (Å²) in [6, 6.07) is 0. The summed E-state index contributed by atoms with van der Waals surface area (Å²) in [7, 11) is 0. The van der Waals surface area contributed by atoms with E-state index in [-0.39, 0.29) is 24.8 Å². The Bertz CT molecular complexity index is 387. The zero-order chi connectivity index (χ0) is 10.1. The van der Waals surface area contributed by atoms with E-state index in [0.29, 0.717) is 0 Å². The van der Waals surface area contributed by atoms with E-state index in [9.17, 15) is 0 Å². The van der Waals surface area contributed by atoms with E-state index in [0.717, 1.165) is 0 Å². The molecule has 0 nitrogen and oxygen atoms in total. The molecule has 0 atom stereocenters. The summed E-state index contributed by atoms with van der Waals surface area (Å²) in [5.74, 6) is 0. The summed E-state index contributed by atoms with van der Waals surface area (Å²) in [6.45, 7) is 6.91. The standard InChI is InChI=1S/C8H11.C5H5.2ClH.Zr/c1-6-4-7(2)8(3)5-6;1-2-4-5-3-1;;;/h4H2,1-3H3;1-3H,4H2;2*1H;/q;;;;+2/p-2. The third kappa shape index (κ3) is 3.46. The van der Waals surface area contributed by atoms with E-state index in [1.807, 2.05) is 0 Å². The van der Waals surface area contributed by atoms with Crippen LogP contribution in [0.4, 0.5) is 0 Å². The molecule has 0 saturated carbocycles. The van der Waals surface area contributed by atoms with E-state index in [2.05, 4.69) is 39.0 Å². The van der Waals surface area contributed by atoms with E-state index in [1.54, 1.807) is 23.3 Å². The van der Waals surface area contributed by atoms with Gasteiger partial charge in [0.15, 0.2) is 0 Å². The van der Waals surface area contributed by atoms with Gasteiger partial charge in [-0.1, -0.05) is 0 Å². The number of rotatable bonds is 2. The van der Waals surface area contributed by atoms with Crippen molar-refractivity contribution in [3.05, 3.63) is 41.5 Å². The van der Waals surface area contributed by atoms with Crippen molar-refractivity contribution in [2.75, 3.05) is 0 Å². The molecule has 0 aromatic carbocycles. The molecule has 0 aromatic rings. The van der Waals surface area contributed by atoms with Crippen molar-refractivity contribution in [2.24, 2.45) is 0 Å². The first-order valence-corrected chi connectivity index (χ1v) is 7.63. The minimum Gasteiger partial charge on any atom is -1.00 e. The van der Waals surface area contributed by atoms with Crippen LogP contribution in [0.15, 0.2) is 41.5 Å². The van der Waals surface area contributed by atoms with Crippen molar-refractivity contribution in [1.29, 1.82) is 0 Å². The predicted octanol–water partition coefficient (Wildman–Crippen LogP) is -2.07. The Kier molecular flexibility index (Phi) is 7.18.